The number of benzene rings is 1. The molecule has 7 nitrogen and oxygen atoms in total. The van der Waals surface area contributed by atoms with Crippen molar-refractivity contribution in [3.63, 3.8) is 0 Å². The lowest BCUT2D eigenvalue weighted by Crippen LogP contribution is -2.55. The van der Waals surface area contributed by atoms with E-state index in [1.165, 1.54) is 12.1 Å². The lowest BCUT2D eigenvalue weighted by atomic mass is 10.2. The molecule has 3 rings (SSSR count). The lowest BCUT2D eigenvalue weighted by Gasteiger charge is -2.37. The first-order valence-corrected chi connectivity index (χ1v) is 10.0. The van der Waals surface area contributed by atoms with Gasteiger partial charge in [-0.05, 0) is 31.0 Å². The van der Waals surface area contributed by atoms with E-state index in [1.54, 1.807) is 7.05 Å². The minimum atomic E-state index is -4.40. The highest BCUT2D eigenvalue weighted by Gasteiger charge is 2.31. The monoisotopic (exact) mass is 556 g/mol. The summed E-state index contributed by atoms with van der Waals surface area (Å²) in [5.41, 5.74) is -0.737. The number of halogens is 4. The number of carbonyl (C=O) groups excluding carboxylic acids is 1. The predicted molar refractivity (Wildman–Crippen MR) is 121 cm³/mol. The van der Waals surface area contributed by atoms with Crippen molar-refractivity contribution in [3.05, 3.63) is 29.8 Å². The van der Waals surface area contributed by atoms with E-state index in [9.17, 15) is 18.0 Å². The van der Waals surface area contributed by atoms with Gasteiger partial charge < -0.3 is 24.6 Å². The molecule has 2 fully saturated rings. The van der Waals surface area contributed by atoms with E-state index in [0.29, 0.717) is 45.3 Å². The number of rotatable bonds is 5. The van der Waals surface area contributed by atoms with E-state index in [4.69, 9.17) is 9.47 Å². The Balaban J connectivity index is 0.00000341. The molecule has 1 aromatic rings. The van der Waals surface area contributed by atoms with Crippen LogP contribution >= 0.6 is 24.0 Å². The smallest absolute Gasteiger partial charge is 0.416 e. The van der Waals surface area contributed by atoms with Gasteiger partial charge in [-0.15, -0.1) is 24.0 Å². The van der Waals surface area contributed by atoms with Gasteiger partial charge in [0.15, 0.2) is 5.96 Å². The number of ether oxygens (including phenoxy) is 2. The molecule has 0 aromatic heterocycles. The molecule has 2 aliphatic rings. The number of piperazine rings is 1. The second-order valence-corrected chi connectivity index (χ2v) is 7.16. The summed E-state index contributed by atoms with van der Waals surface area (Å²) in [7, 11) is 1.67. The molecule has 0 saturated carbocycles. The Morgan fingerprint density at radius 2 is 1.97 bits per heavy atom. The van der Waals surface area contributed by atoms with Gasteiger partial charge in [0.2, 0.25) is 0 Å². The Morgan fingerprint density at radius 1 is 1.26 bits per heavy atom. The first-order chi connectivity index (χ1) is 14.4. The van der Waals surface area contributed by atoms with Crippen LogP contribution in [-0.2, 0) is 15.7 Å². The first-order valence-electron chi connectivity index (χ1n) is 10.0. The Bertz CT molecular complexity index is 749. The number of nitrogens with one attached hydrogen (secondary N) is 1. The molecule has 0 aliphatic carbocycles. The zero-order chi connectivity index (χ0) is 21.6. The van der Waals surface area contributed by atoms with E-state index < -0.39 is 11.7 Å². The average Bonchev–Trinajstić information content (AvgIpc) is 3.28. The van der Waals surface area contributed by atoms with Crippen LogP contribution in [0.25, 0.3) is 0 Å². The summed E-state index contributed by atoms with van der Waals surface area (Å²) in [6.07, 6.45) is -2.99. The Kier molecular flexibility index (Phi) is 9.66. The molecular weight excluding hydrogens is 528 g/mol. The molecule has 0 radical (unpaired) electrons. The lowest BCUT2D eigenvalue weighted by molar-refractivity contribution is -0.142. The molecule has 31 heavy (non-hydrogen) atoms. The van der Waals surface area contributed by atoms with Crippen LogP contribution < -0.4 is 10.1 Å². The van der Waals surface area contributed by atoms with E-state index >= 15 is 0 Å². The number of hydrogen-bond donors (Lipinski definition) is 1. The van der Waals surface area contributed by atoms with Crippen molar-refractivity contribution in [2.24, 2.45) is 4.99 Å². The van der Waals surface area contributed by atoms with Crippen molar-refractivity contribution >= 4 is 35.8 Å². The summed E-state index contributed by atoms with van der Waals surface area (Å²) < 4.78 is 49.2. The van der Waals surface area contributed by atoms with Crippen LogP contribution in [-0.4, -0.2) is 80.8 Å². The Morgan fingerprint density at radius 3 is 2.58 bits per heavy atom. The van der Waals surface area contributed by atoms with Gasteiger partial charge in [0.05, 0.1) is 12.1 Å². The minimum absolute atomic E-state index is 0. The second kappa shape index (κ2) is 11.7. The molecule has 1 unspecified atom stereocenters. The average molecular weight is 556 g/mol. The largest absolute Gasteiger partial charge is 0.492 e. The maximum absolute atomic E-state index is 12.8. The van der Waals surface area contributed by atoms with Crippen LogP contribution in [0, 0.1) is 0 Å². The van der Waals surface area contributed by atoms with E-state index in [-0.39, 0.29) is 48.3 Å². The van der Waals surface area contributed by atoms with Crippen LogP contribution in [0.4, 0.5) is 13.2 Å². The number of carbonyl (C=O) groups is 1. The third kappa shape index (κ3) is 7.13. The van der Waals surface area contributed by atoms with Gasteiger partial charge in [0.25, 0.3) is 5.91 Å². The molecule has 2 aliphatic heterocycles. The van der Waals surface area contributed by atoms with Crippen LogP contribution in [0.3, 0.4) is 0 Å². The molecule has 11 heteroatoms. The fourth-order valence-corrected chi connectivity index (χ4v) is 3.54. The molecule has 0 bridgehead atoms. The first kappa shape index (κ1) is 25.5. The molecule has 1 aromatic carbocycles. The molecule has 1 N–H and O–H groups in total. The van der Waals surface area contributed by atoms with Crippen molar-refractivity contribution in [1.82, 2.24) is 15.1 Å². The summed E-state index contributed by atoms with van der Waals surface area (Å²) in [6, 6.07) is 4.81. The highest BCUT2D eigenvalue weighted by molar-refractivity contribution is 14.0. The van der Waals surface area contributed by atoms with Crippen molar-refractivity contribution in [2.45, 2.75) is 25.1 Å². The van der Waals surface area contributed by atoms with Crippen molar-refractivity contribution in [2.75, 3.05) is 53.0 Å². The number of nitrogens with zero attached hydrogens (tertiary/aromatic N) is 3. The maximum Gasteiger partial charge on any atom is 0.416 e. The Labute approximate surface area is 197 Å². The van der Waals surface area contributed by atoms with Gasteiger partial charge in [0, 0.05) is 39.8 Å². The normalized spacial score (nSPS) is 19.7. The summed E-state index contributed by atoms with van der Waals surface area (Å²) in [5, 5.41) is 3.15. The molecular formula is C20H28F3IN4O3. The molecule has 1 atom stereocenters. The van der Waals surface area contributed by atoms with E-state index in [2.05, 4.69) is 10.3 Å². The molecule has 1 amide bonds. The topological polar surface area (TPSA) is 66.4 Å². The van der Waals surface area contributed by atoms with Crippen LogP contribution in [0.1, 0.15) is 18.4 Å². The van der Waals surface area contributed by atoms with Crippen LogP contribution in [0.5, 0.6) is 5.75 Å². The third-order valence-corrected chi connectivity index (χ3v) is 5.12. The van der Waals surface area contributed by atoms with Crippen LogP contribution in [0.2, 0.25) is 0 Å². The fraction of sp³-hybridized carbons (Fsp3) is 0.600. The van der Waals surface area contributed by atoms with Crippen molar-refractivity contribution in [1.29, 1.82) is 0 Å². The highest BCUT2D eigenvalue weighted by Crippen LogP contribution is 2.31. The van der Waals surface area contributed by atoms with Gasteiger partial charge >= 0.3 is 6.18 Å². The number of guanidine groups is 1. The van der Waals surface area contributed by atoms with E-state index in [0.717, 1.165) is 25.0 Å². The standard InChI is InChI=1S/C20H27F3N4O3.HI/c1-24-19(25-7-13-29-16-5-2-4-15(14-16)20(21,22)23)27-10-8-26(9-11-27)18(28)17-6-3-12-30-17;/h2,4-5,14,17H,3,6-13H2,1H3,(H,24,25);1H. The maximum atomic E-state index is 12.8. The van der Waals surface area contributed by atoms with E-state index in [1.807, 2.05) is 9.80 Å². The number of hydrogen-bond acceptors (Lipinski definition) is 4. The predicted octanol–water partition coefficient (Wildman–Crippen LogP) is 2.60. The number of amides is 1. The fourth-order valence-electron chi connectivity index (χ4n) is 3.54. The summed E-state index contributed by atoms with van der Waals surface area (Å²) in [4.78, 5) is 20.6. The summed E-state index contributed by atoms with van der Waals surface area (Å²) >= 11 is 0. The quantitative estimate of drug-likeness (QED) is 0.262. The zero-order valence-corrected chi connectivity index (χ0v) is 19.7. The molecule has 2 saturated heterocycles. The number of alkyl halides is 3. The molecule has 0 spiro atoms. The summed E-state index contributed by atoms with van der Waals surface area (Å²) in [5.74, 6) is 0.902. The van der Waals surface area contributed by atoms with Gasteiger partial charge in [0.1, 0.15) is 18.5 Å². The van der Waals surface area contributed by atoms with Gasteiger partial charge in [-0.2, -0.15) is 13.2 Å². The van der Waals surface area contributed by atoms with Gasteiger partial charge in [-0.1, -0.05) is 6.07 Å². The number of aliphatic imine (C=N–C) groups is 1. The Hall–Kier alpha value is -1.76. The van der Waals surface area contributed by atoms with Crippen LogP contribution in [0.15, 0.2) is 29.3 Å². The SMILES string of the molecule is CN=C(NCCOc1cccc(C(F)(F)F)c1)N1CCN(C(=O)C2CCCO2)CC1.I. The highest BCUT2D eigenvalue weighted by atomic mass is 127. The third-order valence-electron chi connectivity index (χ3n) is 5.12. The molecule has 174 valence electrons. The zero-order valence-electron chi connectivity index (χ0n) is 17.4. The second-order valence-electron chi connectivity index (χ2n) is 7.16. The minimum Gasteiger partial charge on any atom is -0.492 e. The van der Waals surface area contributed by atoms with Gasteiger partial charge in [-0.25, -0.2) is 0 Å². The summed E-state index contributed by atoms with van der Waals surface area (Å²) in [6.45, 7) is 3.71. The van der Waals surface area contributed by atoms with Crippen molar-refractivity contribution < 1.29 is 27.4 Å². The van der Waals surface area contributed by atoms with Gasteiger partial charge in [-0.3, -0.25) is 9.79 Å². The molecule has 2 heterocycles. The van der Waals surface area contributed by atoms with Crippen molar-refractivity contribution in [3.8, 4) is 5.75 Å².